The summed E-state index contributed by atoms with van der Waals surface area (Å²) in [5.74, 6) is 0.479. The topological polar surface area (TPSA) is 0 Å². The fourth-order valence-electron chi connectivity index (χ4n) is 1.55. The van der Waals surface area contributed by atoms with Gasteiger partial charge in [-0.1, -0.05) is 49.6 Å². The van der Waals surface area contributed by atoms with Gasteiger partial charge in [0, 0.05) is 10.9 Å². The molecule has 76 valence electrons. The highest BCUT2D eigenvalue weighted by Gasteiger charge is 2.05. The molecule has 0 radical (unpaired) electrons. The lowest BCUT2D eigenvalue weighted by atomic mass is 9.94. The van der Waals surface area contributed by atoms with E-state index in [1.54, 1.807) is 0 Å². The summed E-state index contributed by atoms with van der Waals surface area (Å²) in [4.78, 5) is 0. The average molecular weight is 209 g/mol. The minimum Gasteiger partial charge on any atom is -0.102 e. The monoisotopic (exact) mass is 208 g/mol. The lowest BCUT2D eigenvalue weighted by Gasteiger charge is -2.12. The first-order valence-corrected chi connectivity index (χ1v) is 5.53. The molecule has 0 unspecified atom stereocenters. The third-order valence-corrected chi connectivity index (χ3v) is 2.70. The summed E-state index contributed by atoms with van der Waals surface area (Å²) < 4.78 is 0. The first kappa shape index (κ1) is 11.3. The van der Waals surface area contributed by atoms with Crippen molar-refractivity contribution in [3.8, 4) is 0 Å². The van der Waals surface area contributed by atoms with E-state index in [0.717, 1.165) is 5.02 Å². The van der Waals surface area contributed by atoms with Gasteiger partial charge < -0.3 is 0 Å². The fourth-order valence-corrected chi connectivity index (χ4v) is 1.68. The van der Waals surface area contributed by atoms with Gasteiger partial charge in [0.1, 0.15) is 0 Å². The van der Waals surface area contributed by atoms with Gasteiger partial charge in [0.15, 0.2) is 0 Å². The minimum atomic E-state index is 0.479. The maximum atomic E-state index is 5.84. The predicted molar refractivity (Wildman–Crippen MR) is 63.9 cm³/mol. The smallest absolute Gasteiger partial charge is 0.0406 e. The van der Waals surface area contributed by atoms with Crippen LogP contribution in [-0.2, 0) is 0 Å². The van der Waals surface area contributed by atoms with Gasteiger partial charge in [-0.2, -0.15) is 0 Å². The summed E-state index contributed by atoms with van der Waals surface area (Å²) >= 11 is 5.84. The number of unbranched alkanes of at least 4 members (excludes halogenated alkanes) is 1. The highest BCUT2D eigenvalue weighted by molar-refractivity contribution is 6.30. The van der Waals surface area contributed by atoms with Gasteiger partial charge in [-0.15, -0.1) is 6.58 Å². The Kier molecular flexibility index (Phi) is 4.75. The van der Waals surface area contributed by atoms with Crippen LogP contribution in [0.5, 0.6) is 0 Å². The Morgan fingerprint density at radius 1 is 1.36 bits per heavy atom. The molecule has 0 aliphatic carbocycles. The van der Waals surface area contributed by atoms with Gasteiger partial charge in [-0.3, -0.25) is 0 Å². The van der Waals surface area contributed by atoms with Crippen LogP contribution in [0.15, 0.2) is 36.9 Å². The van der Waals surface area contributed by atoms with E-state index in [1.807, 2.05) is 18.2 Å². The Balaban J connectivity index is 2.68. The van der Waals surface area contributed by atoms with Crippen molar-refractivity contribution in [2.24, 2.45) is 0 Å². The lowest BCUT2D eigenvalue weighted by Crippen LogP contribution is -1.94. The summed E-state index contributed by atoms with van der Waals surface area (Å²) in [5, 5.41) is 0.798. The second-order valence-electron chi connectivity index (χ2n) is 3.54. The molecule has 1 heteroatoms. The van der Waals surface area contributed by atoms with E-state index in [1.165, 1.54) is 24.8 Å². The van der Waals surface area contributed by atoms with Gasteiger partial charge in [0.25, 0.3) is 0 Å². The molecule has 0 aromatic heterocycles. The Labute approximate surface area is 91.6 Å². The number of benzene rings is 1. The van der Waals surface area contributed by atoms with Crippen molar-refractivity contribution in [1.29, 1.82) is 0 Å². The van der Waals surface area contributed by atoms with E-state index < -0.39 is 0 Å². The summed E-state index contributed by atoms with van der Waals surface area (Å²) in [6, 6.07) is 8.06. The van der Waals surface area contributed by atoms with E-state index in [-0.39, 0.29) is 0 Å². The Morgan fingerprint density at radius 3 is 2.50 bits per heavy atom. The number of hydrogen-bond acceptors (Lipinski definition) is 0. The Hall–Kier alpha value is -0.750. The maximum absolute atomic E-state index is 5.84. The SMILES string of the molecule is C=C[C@H](CCCC)c1ccc(Cl)cc1. The first-order valence-electron chi connectivity index (χ1n) is 5.16. The second kappa shape index (κ2) is 5.87. The zero-order valence-corrected chi connectivity index (χ0v) is 9.43. The molecule has 0 heterocycles. The molecule has 0 aliphatic heterocycles. The van der Waals surface area contributed by atoms with Gasteiger partial charge in [0.05, 0.1) is 0 Å². The molecule has 0 N–H and O–H groups in total. The minimum absolute atomic E-state index is 0.479. The molecule has 0 amide bonds. The van der Waals surface area contributed by atoms with Crippen LogP contribution < -0.4 is 0 Å². The largest absolute Gasteiger partial charge is 0.102 e. The van der Waals surface area contributed by atoms with Crippen LogP contribution in [0.2, 0.25) is 5.02 Å². The second-order valence-corrected chi connectivity index (χ2v) is 3.97. The van der Waals surface area contributed by atoms with E-state index >= 15 is 0 Å². The molecule has 1 aromatic rings. The van der Waals surface area contributed by atoms with Crippen molar-refractivity contribution in [3.05, 3.63) is 47.5 Å². The molecule has 1 atom stereocenters. The van der Waals surface area contributed by atoms with Crippen LogP contribution in [0.25, 0.3) is 0 Å². The normalized spacial score (nSPS) is 12.4. The zero-order chi connectivity index (χ0) is 10.4. The summed E-state index contributed by atoms with van der Waals surface area (Å²) in [5.41, 5.74) is 1.32. The molecule has 1 aromatic carbocycles. The van der Waals surface area contributed by atoms with E-state index in [0.29, 0.717) is 5.92 Å². The molecular formula is C13H17Cl. The quantitative estimate of drug-likeness (QED) is 0.610. The summed E-state index contributed by atoms with van der Waals surface area (Å²) in [6.07, 6.45) is 5.69. The van der Waals surface area contributed by atoms with Gasteiger partial charge in [-0.05, 0) is 24.1 Å². The predicted octanol–water partition coefficient (Wildman–Crippen LogP) is 4.80. The molecule has 0 bridgehead atoms. The highest BCUT2D eigenvalue weighted by atomic mass is 35.5. The lowest BCUT2D eigenvalue weighted by molar-refractivity contribution is 0.664. The van der Waals surface area contributed by atoms with E-state index in [2.05, 4.69) is 25.6 Å². The van der Waals surface area contributed by atoms with Crippen molar-refractivity contribution in [2.75, 3.05) is 0 Å². The highest BCUT2D eigenvalue weighted by Crippen LogP contribution is 2.24. The number of allylic oxidation sites excluding steroid dienone is 1. The summed E-state index contributed by atoms with van der Waals surface area (Å²) in [7, 11) is 0. The summed E-state index contributed by atoms with van der Waals surface area (Å²) in [6.45, 7) is 6.09. The van der Waals surface area contributed by atoms with Crippen molar-refractivity contribution in [3.63, 3.8) is 0 Å². The maximum Gasteiger partial charge on any atom is 0.0406 e. The van der Waals surface area contributed by atoms with Crippen LogP contribution in [0, 0.1) is 0 Å². The van der Waals surface area contributed by atoms with Crippen LogP contribution >= 0.6 is 11.6 Å². The molecule has 1 rings (SSSR count). The zero-order valence-electron chi connectivity index (χ0n) is 8.67. The molecule has 14 heavy (non-hydrogen) atoms. The number of hydrogen-bond donors (Lipinski definition) is 0. The van der Waals surface area contributed by atoms with Crippen LogP contribution in [0.3, 0.4) is 0 Å². The molecule has 0 saturated heterocycles. The van der Waals surface area contributed by atoms with Crippen molar-refractivity contribution < 1.29 is 0 Å². The number of halogens is 1. The van der Waals surface area contributed by atoms with E-state index in [4.69, 9.17) is 11.6 Å². The van der Waals surface area contributed by atoms with Crippen LogP contribution in [0.1, 0.15) is 37.7 Å². The van der Waals surface area contributed by atoms with Crippen molar-refractivity contribution in [2.45, 2.75) is 32.1 Å². The molecular weight excluding hydrogens is 192 g/mol. The Morgan fingerprint density at radius 2 is 2.00 bits per heavy atom. The third kappa shape index (κ3) is 3.19. The van der Waals surface area contributed by atoms with Crippen LogP contribution in [-0.4, -0.2) is 0 Å². The van der Waals surface area contributed by atoms with Gasteiger partial charge >= 0.3 is 0 Å². The average Bonchev–Trinajstić information content (AvgIpc) is 2.21. The van der Waals surface area contributed by atoms with Crippen molar-refractivity contribution >= 4 is 11.6 Å². The molecule has 0 spiro atoms. The van der Waals surface area contributed by atoms with E-state index in [9.17, 15) is 0 Å². The first-order chi connectivity index (χ1) is 6.77. The fraction of sp³-hybridized carbons (Fsp3) is 0.385. The molecule has 0 saturated carbocycles. The Bertz CT molecular complexity index is 274. The van der Waals surface area contributed by atoms with Crippen molar-refractivity contribution in [1.82, 2.24) is 0 Å². The third-order valence-electron chi connectivity index (χ3n) is 2.45. The van der Waals surface area contributed by atoms with Gasteiger partial charge in [-0.25, -0.2) is 0 Å². The van der Waals surface area contributed by atoms with Crippen LogP contribution in [0.4, 0.5) is 0 Å². The molecule has 0 nitrogen and oxygen atoms in total. The molecule has 0 aliphatic rings. The number of rotatable bonds is 5. The standard InChI is InChI=1S/C13H17Cl/c1-3-5-6-11(4-2)12-7-9-13(14)10-8-12/h4,7-11H,2-3,5-6H2,1H3/t11-/m1/s1. The molecule has 0 fully saturated rings. The van der Waals surface area contributed by atoms with Gasteiger partial charge in [0.2, 0.25) is 0 Å².